The summed E-state index contributed by atoms with van der Waals surface area (Å²) in [5, 5.41) is 14.2. The van der Waals surface area contributed by atoms with Crippen molar-refractivity contribution in [3.8, 4) is 0 Å². The quantitative estimate of drug-likeness (QED) is 0.788. The average molecular weight is 308 g/mol. The number of rotatable bonds is 3. The Morgan fingerprint density at radius 2 is 1.70 bits per heavy atom. The van der Waals surface area contributed by atoms with Crippen LogP contribution in [0.3, 0.4) is 0 Å². The Hall–Kier alpha value is -3.41. The zero-order chi connectivity index (χ0) is 16.4. The van der Waals surface area contributed by atoms with E-state index < -0.39 is 17.5 Å². The molecule has 0 radical (unpaired) electrons. The summed E-state index contributed by atoms with van der Waals surface area (Å²) >= 11 is 0. The molecule has 1 N–H and O–H groups in total. The summed E-state index contributed by atoms with van der Waals surface area (Å²) in [5.74, 6) is -2.03. The molecule has 0 unspecified atom stereocenters. The fourth-order valence-electron chi connectivity index (χ4n) is 2.13. The molecule has 3 rings (SSSR count). The van der Waals surface area contributed by atoms with Crippen LogP contribution in [0.1, 0.15) is 20.9 Å². The van der Waals surface area contributed by atoms with Gasteiger partial charge in [-0.25, -0.2) is 4.79 Å². The zero-order valence-electron chi connectivity index (χ0n) is 11.7. The lowest BCUT2D eigenvalue weighted by molar-refractivity contribution is -0.255. The van der Waals surface area contributed by atoms with Crippen molar-refractivity contribution in [1.82, 2.24) is 0 Å². The van der Waals surface area contributed by atoms with Crippen LogP contribution < -0.4 is 16.0 Å². The molecule has 0 bridgehead atoms. The van der Waals surface area contributed by atoms with Gasteiger partial charge in [0.05, 0.1) is 11.4 Å². The molecule has 0 aliphatic carbocycles. The van der Waals surface area contributed by atoms with E-state index in [0.717, 1.165) is 0 Å². The fourth-order valence-corrected chi connectivity index (χ4v) is 2.13. The van der Waals surface area contributed by atoms with E-state index in [2.05, 4.69) is 5.32 Å². The van der Waals surface area contributed by atoms with Crippen LogP contribution in [-0.4, -0.2) is 11.9 Å². The molecule has 2 aromatic carbocycles. The van der Waals surface area contributed by atoms with Crippen molar-refractivity contribution < 1.29 is 19.1 Å². The minimum Gasteiger partial charge on any atom is -0.545 e. The summed E-state index contributed by atoms with van der Waals surface area (Å²) in [4.78, 5) is 34.7. The van der Waals surface area contributed by atoms with Crippen LogP contribution >= 0.6 is 0 Å². The van der Waals surface area contributed by atoms with Gasteiger partial charge in [-0.2, -0.15) is 0 Å². The molecule has 114 valence electrons. The first-order valence-electron chi connectivity index (χ1n) is 6.70. The minimum atomic E-state index is -1.30. The Morgan fingerprint density at radius 1 is 1.00 bits per heavy atom. The third-order valence-electron chi connectivity index (χ3n) is 3.27. The van der Waals surface area contributed by atoms with E-state index in [0.29, 0.717) is 16.5 Å². The molecule has 23 heavy (non-hydrogen) atoms. The van der Waals surface area contributed by atoms with E-state index >= 15 is 0 Å². The number of anilines is 1. The van der Waals surface area contributed by atoms with E-state index in [9.17, 15) is 19.5 Å². The van der Waals surface area contributed by atoms with Crippen molar-refractivity contribution in [3.05, 3.63) is 76.3 Å². The minimum absolute atomic E-state index is 0.000219. The molecule has 6 heteroatoms. The van der Waals surface area contributed by atoms with Crippen molar-refractivity contribution in [2.45, 2.75) is 0 Å². The lowest BCUT2D eigenvalue weighted by atomic mass is 10.1. The first-order chi connectivity index (χ1) is 11.0. The normalized spacial score (nSPS) is 10.4. The van der Waals surface area contributed by atoms with Crippen molar-refractivity contribution in [2.75, 3.05) is 5.32 Å². The smallest absolute Gasteiger partial charge is 0.344 e. The topological polar surface area (TPSA) is 99.4 Å². The number of nitrogens with one attached hydrogen (secondary N) is 1. The number of hydrogen-bond donors (Lipinski definition) is 1. The number of benzene rings is 2. The van der Waals surface area contributed by atoms with Crippen LogP contribution in [0, 0.1) is 0 Å². The lowest BCUT2D eigenvalue weighted by Gasteiger charge is -2.07. The summed E-state index contributed by atoms with van der Waals surface area (Å²) in [7, 11) is 0. The van der Waals surface area contributed by atoms with Crippen molar-refractivity contribution >= 4 is 28.3 Å². The van der Waals surface area contributed by atoms with Crippen LogP contribution in [-0.2, 0) is 0 Å². The highest BCUT2D eigenvalue weighted by Crippen LogP contribution is 2.14. The Bertz CT molecular complexity index is 957. The second-order valence-corrected chi connectivity index (χ2v) is 4.80. The standard InChI is InChI=1S/C17H11NO5/c19-15(18-12-7-5-10(6-8-12)16(20)21)14-9-11-3-1-2-4-13(11)17(22)23-14/h1-9H,(H,18,19)(H,20,21)/p-1. The van der Waals surface area contributed by atoms with Gasteiger partial charge in [-0.05, 0) is 35.2 Å². The highest BCUT2D eigenvalue weighted by Gasteiger charge is 2.12. The Morgan fingerprint density at radius 3 is 2.39 bits per heavy atom. The molecule has 0 saturated heterocycles. The van der Waals surface area contributed by atoms with E-state index in [4.69, 9.17) is 4.42 Å². The highest BCUT2D eigenvalue weighted by molar-refractivity contribution is 6.04. The molecule has 0 fully saturated rings. The predicted octanol–water partition coefficient (Wildman–Crippen LogP) is 1.41. The molecule has 1 aromatic heterocycles. The largest absolute Gasteiger partial charge is 0.545 e. The van der Waals surface area contributed by atoms with Gasteiger partial charge < -0.3 is 19.6 Å². The summed E-state index contributed by atoms with van der Waals surface area (Å²) in [6.45, 7) is 0. The number of aromatic carboxylic acids is 1. The molecule has 0 spiro atoms. The number of carboxylic acids is 1. The second kappa shape index (κ2) is 5.76. The van der Waals surface area contributed by atoms with Gasteiger partial charge in [-0.1, -0.05) is 30.3 Å². The zero-order valence-corrected chi connectivity index (χ0v) is 11.7. The van der Waals surface area contributed by atoms with Crippen molar-refractivity contribution in [3.63, 3.8) is 0 Å². The number of carbonyl (C=O) groups is 2. The first-order valence-corrected chi connectivity index (χ1v) is 6.70. The van der Waals surface area contributed by atoms with Gasteiger partial charge in [0.1, 0.15) is 0 Å². The monoisotopic (exact) mass is 308 g/mol. The van der Waals surface area contributed by atoms with E-state index in [1.165, 1.54) is 30.3 Å². The molecule has 0 aliphatic rings. The van der Waals surface area contributed by atoms with Gasteiger partial charge in [-0.15, -0.1) is 0 Å². The lowest BCUT2D eigenvalue weighted by Crippen LogP contribution is -2.22. The number of fused-ring (bicyclic) bond motifs is 1. The first kappa shape index (κ1) is 14.5. The van der Waals surface area contributed by atoms with Crippen LogP contribution in [0.2, 0.25) is 0 Å². The van der Waals surface area contributed by atoms with Gasteiger partial charge in [0.15, 0.2) is 5.76 Å². The van der Waals surface area contributed by atoms with Crippen LogP contribution in [0.25, 0.3) is 10.8 Å². The molecule has 0 atom stereocenters. The predicted molar refractivity (Wildman–Crippen MR) is 81.2 cm³/mol. The van der Waals surface area contributed by atoms with Gasteiger partial charge in [0, 0.05) is 5.69 Å². The van der Waals surface area contributed by atoms with Gasteiger partial charge in [0.2, 0.25) is 0 Å². The maximum absolute atomic E-state index is 12.2. The number of amides is 1. The molecular weight excluding hydrogens is 298 g/mol. The number of carbonyl (C=O) groups excluding carboxylic acids is 2. The van der Waals surface area contributed by atoms with Crippen LogP contribution in [0.4, 0.5) is 5.69 Å². The van der Waals surface area contributed by atoms with Gasteiger partial charge >= 0.3 is 5.63 Å². The number of carboxylic acid groups (broad SMARTS) is 1. The molecule has 1 amide bonds. The Labute approximate surface area is 130 Å². The molecule has 0 aliphatic heterocycles. The second-order valence-electron chi connectivity index (χ2n) is 4.80. The average Bonchev–Trinajstić information content (AvgIpc) is 2.55. The number of hydrogen-bond acceptors (Lipinski definition) is 5. The van der Waals surface area contributed by atoms with Crippen LogP contribution in [0.5, 0.6) is 0 Å². The van der Waals surface area contributed by atoms with Crippen LogP contribution in [0.15, 0.2) is 63.8 Å². The molecule has 1 heterocycles. The summed E-state index contributed by atoms with van der Waals surface area (Å²) in [6, 6.07) is 13.7. The SMILES string of the molecule is O=C([O-])c1ccc(NC(=O)c2cc3ccccc3c(=O)o2)cc1. The molecule has 3 aromatic rings. The van der Waals surface area contributed by atoms with Crippen molar-refractivity contribution in [2.24, 2.45) is 0 Å². The Kier molecular flexibility index (Phi) is 3.64. The maximum Gasteiger partial charge on any atom is 0.344 e. The summed E-state index contributed by atoms with van der Waals surface area (Å²) in [5.41, 5.74) is -0.225. The van der Waals surface area contributed by atoms with E-state index in [-0.39, 0.29) is 11.3 Å². The van der Waals surface area contributed by atoms with E-state index in [1.54, 1.807) is 24.3 Å². The molecule has 0 saturated carbocycles. The fraction of sp³-hybridized carbons (Fsp3) is 0. The summed E-state index contributed by atoms with van der Waals surface area (Å²) < 4.78 is 5.01. The third-order valence-corrected chi connectivity index (χ3v) is 3.27. The molecular formula is C17H10NO5-. The Balaban J connectivity index is 1.88. The van der Waals surface area contributed by atoms with E-state index in [1.807, 2.05) is 0 Å². The van der Waals surface area contributed by atoms with Crippen molar-refractivity contribution in [1.29, 1.82) is 0 Å². The third kappa shape index (κ3) is 2.96. The maximum atomic E-state index is 12.2. The molecule has 6 nitrogen and oxygen atoms in total. The summed E-state index contributed by atoms with van der Waals surface area (Å²) in [6.07, 6.45) is 0. The van der Waals surface area contributed by atoms with Gasteiger partial charge in [-0.3, -0.25) is 4.79 Å². The van der Waals surface area contributed by atoms with Gasteiger partial charge in [0.25, 0.3) is 5.91 Å². The highest BCUT2D eigenvalue weighted by atomic mass is 16.4.